The van der Waals surface area contributed by atoms with Gasteiger partial charge in [-0.2, -0.15) is 0 Å². The second kappa shape index (κ2) is 4.67. The van der Waals surface area contributed by atoms with E-state index in [9.17, 15) is 14.7 Å². The van der Waals surface area contributed by atoms with Gasteiger partial charge in [0.15, 0.2) is 5.78 Å². The number of hydrogen-bond acceptors (Lipinski definition) is 3. The molecule has 0 fully saturated rings. The fourth-order valence-electron chi connectivity index (χ4n) is 1.16. The third-order valence-electron chi connectivity index (χ3n) is 1.84. The maximum Gasteiger partial charge on any atom is 0.191 e. The lowest BCUT2D eigenvalue weighted by Crippen LogP contribution is -2.22. The molecule has 0 aliphatic heterocycles. The zero-order valence-corrected chi connectivity index (χ0v) is 7.93. The van der Waals surface area contributed by atoms with Crippen molar-refractivity contribution < 1.29 is 14.7 Å². The van der Waals surface area contributed by atoms with E-state index >= 15 is 0 Å². The van der Waals surface area contributed by atoms with Crippen molar-refractivity contribution in [3.8, 4) is 0 Å². The van der Waals surface area contributed by atoms with Gasteiger partial charge in [0, 0.05) is 12.0 Å². The smallest absolute Gasteiger partial charge is 0.191 e. The fraction of sp³-hybridized carbons (Fsp3) is 0.273. The summed E-state index contributed by atoms with van der Waals surface area (Å²) in [5.41, 5.74) is 0.432. The van der Waals surface area contributed by atoms with Gasteiger partial charge in [-0.3, -0.25) is 9.59 Å². The summed E-state index contributed by atoms with van der Waals surface area (Å²) >= 11 is 0. The van der Waals surface area contributed by atoms with Crippen LogP contribution in [0.2, 0.25) is 0 Å². The normalized spacial score (nSPS) is 12.1. The summed E-state index contributed by atoms with van der Waals surface area (Å²) < 4.78 is 0. The molecule has 3 heteroatoms. The summed E-state index contributed by atoms with van der Waals surface area (Å²) in [6.45, 7) is 1.35. The standard InChI is InChI=1S/C11H12O3/c1-8(12)7-10(13)11(14)9-5-3-2-4-6-9/h2-6,10,13H,7H2,1H3/t10-/m1/s1. The first kappa shape index (κ1) is 10.6. The molecule has 0 unspecified atom stereocenters. The van der Waals surface area contributed by atoms with Crippen molar-refractivity contribution in [3.05, 3.63) is 35.9 Å². The van der Waals surface area contributed by atoms with Gasteiger partial charge in [-0.1, -0.05) is 30.3 Å². The van der Waals surface area contributed by atoms with E-state index in [0.717, 1.165) is 0 Å². The summed E-state index contributed by atoms with van der Waals surface area (Å²) in [6.07, 6.45) is -1.33. The van der Waals surface area contributed by atoms with Crippen molar-refractivity contribution in [2.75, 3.05) is 0 Å². The number of carbonyl (C=O) groups excluding carboxylic acids is 2. The van der Waals surface area contributed by atoms with Crippen LogP contribution in [0.4, 0.5) is 0 Å². The molecule has 0 radical (unpaired) electrons. The lowest BCUT2D eigenvalue weighted by molar-refractivity contribution is -0.118. The second-order valence-electron chi connectivity index (χ2n) is 3.15. The molecule has 1 rings (SSSR count). The number of ketones is 2. The van der Waals surface area contributed by atoms with Crippen LogP contribution in [0.1, 0.15) is 23.7 Å². The zero-order valence-electron chi connectivity index (χ0n) is 7.93. The predicted octanol–water partition coefficient (Wildman–Crippen LogP) is 1.21. The third kappa shape index (κ3) is 2.78. The van der Waals surface area contributed by atoms with Crippen LogP contribution < -0.4 is 0 Å². The predicted molar refractivity (Wildman–Crippen MR) is 52.1 cm³/mol. The van der Waals surface area contributed by atoms with Crippen molar-refractivity contribution in [1.29, 1.82) is 0 Å². The molecule has 74 valence electrons. The molecule has 0 aromatic heterocycles. The van der Waals surface area contributed by atoms with Gasteiger partial charge in [-0.05, 0) is 6.92 Å². The highest BCUT2D eigenvalue weighted by Crippen LogP contribution is 2.06. The Bertz CT molecular complexity index is 330. The molecule has 3 nitrogen and oxygen atoms in total. The number of benzene rings is 1. The second-order valence-corrected chi connectivity index (χ2v) is 3.15. The van der Waals surface area contributed by atoms with E-state index in [-0.39, 0.29) is 12.2 Å². The van der Waals surface area contributed by atoms with Gasteiger partial charge >= 0.3 is 0 Å². The van der Waals surface area contributed by atoms with E-state index in [4.69, 9.17) is 0 Å². The van der Waals surface area contributed by atoms with Crippen LogP contribution in [0.5, 0.6) is 0 Å². The van der Waals surface area contributed by atoms with Gasteiger partial charge in [0.1, 0.15) is 11.9 Å². The van der Waals surface area contributed by atoms with Crippen molar-refractivity contribution in [2.24, 2.45) is 0 Å². The fourth-order valence-corrected chi connectivity index (χ4v) is 1.16. The van der Waals surface area contributed by atoms with Gasteiger partial charge in [-0.15, -0.1) is 0 Å². The quantitative estimate of drug-likeness (QED) is 0.729. The van der Waals surface area contributed by atoms with E-state index in [2.05, 4.69) is 0 Å². The molecule has 1 aromatic carbocycles. The summed E-state index contributed by atoms with van der Waals surface area (Å²) in [7, 11) is 0. The highest BCUT2D eigenvalue weighted by Gasteiger charge is 2.17. The first-order valence-electron chi connectivity index (χ1n) is 4.38. The highest BCUT2D eigenvalue weighted by molar-refractivity contribution is 6.01. The minimum Gasteiger partial charge on any atom is -0.384 e. The molecule has 0 bridgehead atoms. The minimum atomic E-state index is -1.21. The number of aliphatic hydroxyl groups is 1. The lowest BCUT2D eigenvalue weighted by atomic mass is 10.0. The number of rotatable bonds is 4. The van der Waals surface area contributed by atoms with E-state index in [1.807, 2.05) is 0 Å². The van der Waals surface area contributed by atoms with Gasteiger partial charge in [0.25, 0.3) is 0 Å². The van der Waals surface area contributed by atoms with E-state index in [1.165, 1.54) is 6.92 Å². The molecule has 0 aliphatic carbocycles. The number of aliphatic hydroxyl groups excluding tert-OH is 1. The SMILES string of the molecule is CC(=O)C[C@@H](O)C(=O)c1ccccc1. The van der Waals surface area contributed by atoms with Gasteiger partial charge in [-0.25, -0.2) is 0 Å². The van der Waals surface area contributed by atoms with Crippen LogP contribution in [0, 0.1) is 0 Å². The van der Waals surface area contributed by atoms with Gasteiger partial charge in [0.05, 0.1) is 0 Å². The van der Waals surface area contributed by atoms with Crippen molar-refractivity contribution in [2.45, 2.75) is 19.4 Å². The highest BCUT2D eigenvalue weighted by atomic mass is 16.3. The largest absolute Gasteiger partial charge is 0.384 e. The molecular weight excluding hydrogens is 180 g/mol. The number of carbonyl (C=O) groups is 2. The maximum absolute atomic E-state index is 11.5. The van der Waals surface area contributed by atoms with Crippen LogP contribution in [-0.2, 0) is 4.79 Å². The zero-order chi connectivity index (χ0) is 10.6. The van der Waals surface area contributed by atoms with E-state index < -0.39 is 11.9 Å². The van der Waals surface area contributed by atoms with Gasteiger partial charge < -0.3 is 5.11 Å². The molecule has 0 aliphatic rings. The number of Topliss-reactive ketones (excluding diaryl/α,β-unsaturated/α-hetero) is 2. The van der Waals surface area contributed by atoms with Crippen LogP contribution in [0.15, 0.2) is 30.3 Å². The molecule has 1 atom stereocenters. The Labute approximate surface area is 82.4 Å². The molecule has 0 saturated heterocycles. The Morgan fingerprint density at radius 2 is 1.86 bits per heavy atom. The van der Waals surface area contributed by atoms with Crippen LogP contribution >= 0.6 is 0 Å². The number of hydrogen-bond donors (Lipinski definition) is 1. The van der Waals surface area contributed by atoms with Crippen LogP contribution in [0.3, 0.4) is 0 Å². The Hall–Kier alpha value is -1.48. The molecule has 0 spiro atoms. The molecule has 14 heavy (non-hydrogen) atoms. The van der Waals surface area contributed by atoms with Crippen molar-refractivity contribution in [1.82, 2.24) is 0 Å². The van der Waals surface area contributed by atoms with Gasteiger partial charge in [0.2, 0.25) is 0 Å². The maximum atomic E-state index is 11.5. The summed E-state index contributed by atoms with van der Waals surface area (Å²) in [5, 5.41) is 9.37. The average Bonchev–Trinajstić information content (AvgIpc) is 2.17. The lowest BCUT2D eigenvalue weighted by Gasteiger charge is -2.06. The Balaban J connectivity index is 2.71. The summed E-state index contributed by atoms with van der Waals surface area (Å²) in [4.78, 5) is 22.2. The average molecular weight is 192 g/mol. The molecule has 1 N–H and O–H groups in total. The Morgan fingerprint density at radius 1 is 1.29 bits per heavy atom. The Kier molecular flexibility index (Phi) is 3.54. The summed E-state index contributed by atoms with van der Waals surface area (Å²) in [5.74, 6) is -0.595. The molecule has 1 aromatic rings. The van der Waals surface area contributed by atoms with Crippen molar-refractivity contribution >= 4 is 11.6 Å². The van der Waals surface area contributed by atoms with E-state index in [0.29, 0.717) is 5.56 Å². The van der Waals surface area contributed by atoms with Crippen LogP contribution in [0.25, 0.3) is 0 Å². The molecular formula is C11H12O3. The summed E-state index contributed by atoms with van der Waals surface area (Å²) in [6, 6.07) is 8.45. The van der Waals surface area contributed by atoms with Crippen molar-refractivity contribution in [3.63, 3.8) is 0 Å². The minimum absolute atomic E-state index is 0.117. The Morgan fingerprint density at radius 3 is 2.36 bits per heavy atom. The third-order valence-corrected chi connectivity index (χ3v) is 1.84. The van der Waals surface area contributed by atoms with Crippen LogP contribution in [-0.4, -0.2) is 22.8 Å². The molecule has 0 saturated carbocycles. The molecule has 0 amide bonds. The molecule has 0 heterocycles. The first-order chi connectivity index (χ1) is 6.61. The first-order valence-corrected chi connectivity index (χ1v) is 4.38. The monoisotopic (exact) mass is 192 g/mol. The topological polar surface area (TPSA) is 54.4 Å². The van der Waals surface area contributed by atoms with E-state index in [1.54, 1.807) is 30.3 Å².